The summed E-state index contributed by atoms with van der Waals surface area (Å²) in [6.45, 7) is 6.74. The number of aryl methyl sites for hydroxylation is 2. The number of hydrogen-bond acceptors (Lipinski definition) is 4. The molecule has 0 bridgehead atoms. The number of ether oxygens (including phenoxy) is 2. The standard InChI is InChI=1S/C19H27N3O2/c1-13-18(14(2)22(3)21-13)19-16(9-10-24-19)12-20-11-15-7-5-6-8-17(15)23-4/h5-8,16,19-20H,9-12H2,1-4H3/t16-,19-/m1/s1. The molecule has 1 N–H and O–H groups in total. The summed E-state index contributed by atoms with van der Waals surface area (Å²) in [7, 11) is 3.71. The average Bonchev–Trinajstić information content (AvgIpc) is 3.12. The number of nitrogens with one attached hydrogen (secondary N) is 1. The van der Waals surface area contributed by atoms with Crippen molar-refractivity contribution >= 4 is 0 Å². The van der Waals surface area contributed by atoms with Crippen molar-refractivity contribution in [1.29, 1.82) is 0 Å². The Balaban J connectivity index is 1.64. The fraction of sp³-hybridized carbons (Fsp3) is 0.526. The second-order valence-corrected chi connectivity index (χ2v) is 6.49. The Morgan fingerprint density at radius 1 is 1.33 bits per heavy atom. The summed E-state index contributed by atoms with van der Waals surface area (Å²) in [5.41, 5.74) is 4.73. The largest absolute Gasteiger partial charge is 0.496 e. The molecular formula is C19H27N3O2. The van der Waals surface area contributed by atoms with Gasteiger partial charge in [-0.2, -0.15) is 5.10 Å². The van der Waals surface area contributed by atoms with Gasteiger partial charge in [-0.3, -0.25) is 4.68 Å². The first-order chi connectivity index (χ1) is 11.6. The predicted octanol–water partition coefficient (Wildman–Crippen LogP) is 2.91. The third kappa shape index (κ3) is 3.32. The van der Waals surface area contributed by atoms with Gasteiger partial charge in [0.1, 0.15) is 5.75 Å². The van der Waals surface area contributed by atoms with Crippen LogP contribution in [0.5, 0.6) is 5.75 Å². The highest BCUT2D eigenvalue weighted by Crippen LogP contribution is 2.37. The van der Waals surface area contributed by atoms with E-state index in [4.69, 9.17) is 9.47 Å². The summed E-state index contributed by atoms with van der Waals surface area (Å²) >= 11 is 0. The molecular weight excluding hydrogens is 302 g/mol. The maximum atomic E-state index is 6.06. The lowest BCUT2D eigenvalue weighted by molar-refractivity contribution is 0.0893. The van der Waals surface area contributed by atoms with Crippen LogP contribution in [0.25, 0.3) is 0 Å². The number of hydrogen-bond donors (Lipinski definition) is 1. The number of aromatic nitrogens is 2. The zero-order chi connectivity index (χ0) is 17.1. The van der Waals surface area contributed by atoms with Gasteiger partial charge in [-0.1, -0.05) is 18.2 Å². The van der Waals surface area contributed by atoms with Gasteiger partial charge in [-0.05, 0) is 26.3 Å². The van der Waals surface area contributed by atoms with Gasteiger partial charge in [0, 0.05) is 49.5 Å². The number of para-hydroxylation sites is 1. The van der Waals surface area contributed by atoms with Gasteiger partial charge >= 0.3 is 0 Å². The molecule has 0 saturated carbocycles. The van der Waals surface area contributed by atoms with Crippen LogP contribution in [0, 0.1) is 19.8 Å². The van der Waals surface area contributed by atoms with Crippen molar-refractivity contribution in [1.82, 2.24) is 15.1 Å². The summed E-state index contributed by atoms with van der Waals surface area (Å²) in [5.74, 6) is 1.41. The van der Waals surface area contributed by atoms with E-state index in [0.717, 1.165) is 37.6 Å². The fourth-order valence-corrected chi connectivity index (χ4v) is 3.60. The second kappa shape index (κ2) is 7.36. The van der Waals surface area contributed by atoms with Crippen LogP contribution in [0.3, 0.4) is 0 Å². The Bertz CT molecular complexity index is 696. The molecule has 0 aliphatic carbocycles. The van der Waals surface area contributed by atoms with Gasteiger partial charge in [-0.25, -0.2) is 0 Å². The zero-order valence-electron chi connectivity index (χ0n) is 15.0. The molecule has 2 aromatic rings. The first-order valence-corrected chi connectivity index (χ1v) is 8.56. The van der Waals surface area contributed by atoms with Gasteiger partial charge in [0.25, 0.3) is 0 Å². The van der Waals surface area contributed by atoms with Crippen LogP contribution in [0.1, 0.15) is 35.0 Å². The Labute approximate surface area is 144 Å². The maximum Gasteiger partial charge on any atom is 0.123 e. The van der Waals surface area contributed by atoms with Crippen molar-refractivity contribution in [3.05, 3.63) is 46.8 Å². The minimum Gasteiger partial charge on any atom is -0.496 e. The minimum absolute atomic E-state index is 0.142. The van der Waals surface area contributed by atoms with E-state index < -0.39 is 0 Å². The van der Waals surface area contributed by atoms with Crippen LogP contribution in [0.15, 0.2) is 24.3 Å². The molecule has 3 rings (SSSR count). The summed E-state index contributed by atoms with van der Waals surface area (Å²) in [6, 6.07) is 8.14. The highest BCUT2D eigenvalue weighted by Gasteiger charge is 2.33. The second-order valence-electron chi connectivity index (χ2n) is 6.49. The molecule has 0 amide bonds. The summed E-state index contributed by atoms with van der Waals surface area (Å²) in [4.78, 5) is 0. The molecule has 1 aliphatic heterocycles. The lowest BCUT2D eigenvalue weighted by Gasteiger charge is -2.20. The first kappa shape index (κ1) is 17.0. The van der Waals surface area contributed by atoms with E-state index in [1.54, 1.807) is 7.11 Å². The van der Waals surface area contributed by atoms with Crippen LogP contribution in [0.2, 0.25) is 0 Å². The molecule has 2 atom stereocenters. The fourth-order valence-electron chi connectivity index (χ4n) is 3.60. The topological polar surface area (TPSA) is 48.3 Å². The molecule has 1 aromatic heterocycles. The van der Waals surface area contributed by atoms with E-state index in [9.17, 15) is 0 Å². The van der Waals surface area contributed by atoms with Crippen LogP contribution in [0.4, 0.5) is 0 Å². The molecule has 1 aliphatic rings. The quantitative estimate of drug-likeness (QED) is 0.885. The highest BCUT2D eigenvalue weighted by molar-refractivity contribution is 5.33. The van der Waals surface area contributed by atoms with Crippen molar-refractivity contribution in [2.24, 2.45) is 13.0 Å². The Hall–Kier alpha value is -1.85. The zero-order valence-corrected chi connectivity index (χ0v) is 15.0. The minimum atomic E-state index is 0.142. The van der Waals surface area contributed by atoms with Crippen LogP contribution in [-0.4, -0.2) is 30.0 Å². The predicted molar refractivity (Wildman–Crippen MR) is 94.2 cm³/mol. The SMILES string of the molecule is COc1ccccc1CNC[C@H]1CCO[C@H]1c1c(C)nn(C)c1C. The van der Waals surface area contributed by atoms with E-state index in [1.165, 1.54) is 16.8 Å². The smallest absolute Gasteiger partial charge is 0.123 e. The molecule has 1 fully saturated rings. The Kier molecular flexibility index (Phi) is 5.21. The van der Waals surface area contributed by atoms with Gasteiger partial charge in [0.05, 0.1) is 18.9 Å². The van der Waals surface area contributed by atoms with Crippen LogP contribution < -0.4 is 10.1 Å². The van der Waals surface area contributed by atoms with E-state index in [0.29, 0.717) is 5.92 Å². The number of benzene rings is 1. The lowest BCUT2D eigenvalue weighted by atomic mass is 9.94. The van der Waals surface area contributed by atoms with Crippen LogP contribution >= 0.6 is 0 Å². The summed E-state index contributed by atoms with van der Waals surface area (Å²) < 4.78 is 13.4. The van der Waals surface area contributed by atoms with Gasteiger partial charge in [0.2, 0.25) is 0 Å². The van der Waals surface area contributed by atoms with Crippen molar-refractivity contribution in [3.8, 4) is 5.75 Å². The van der Waals surface area contributed by atoms with E-state index in [-0.39, 0.29) is 6.10 Å². The summed E-state index contributed by atoms with van der Waals surface area (Å²) in [6.07, 6.45) is 1.22. The molecule has 130 valence electrons. The molecule has 24 heavy (non-hydrogen) atoms. The monoisotopic (exact) mass is 329 g/mol. The van der Waals surface area contributed by atoms with Gasteiger partial charge in [-0.15, -0.1) is 0 Å². The maximum absolute atomic E-state index is 6.06. The van der Waals surface area contributed by atoms with Crippen molar-refractivity contribution in [2.75, 3.05) is 20.3 Å². The van der Waals surface area contributed by atoms with Gasteiger partial charge < -0.3 is 14.8 Å². The number of rotatable bonds is 6. The van der Waals surface area contributed by atoms with E-state index in [2.05, 4.69) is 30.3 Å². The molecule has 0 spiro atoms. The molecule has 0 unspecified atom stereocenters. The van der Waals surface area contributed by atoms with Crippen LogP contribution in [-0.2, 0) is 18.3 Å². The van der Waals surface area contributed by atoms with Gasteiger partial charge in [0.15, 0.2) is 0 Å². The number of methoxy groups -OCH3 is 1. The first-order valence-electron chi connectivity index (χ1n) is 8.56. The lowest BCUT2D eigenvalue weighted by Crippen LogP contribution is -2.25. The van der Waals surface area contributed by atoms with Crippen molar-refractivity contribution in [2.45, 2.75) is 32.9 Å². The molecule has 0 radical (unpaired) electrons. The van der Waals surface area contributed by atoms with E-state index in [1.807, 2.05) is 29.9 Å². The average molecular weight is 329 g/mol. The Morgan fingerprint density at radius 3 is 2.83 bits per heavy atom. The van der Waals surface area contributed by atoms with Crippen molar-refractivity contribution < 1.29 is 9.47 Å². The molecule has 1 aromatic carbocycles. The Morgan fingerprint density at radius 2 is 2.12 bits per heavy atom. The molecule has 5 heteroatoms. The third-order valence-electron chi connectivity index (χ3n) is 4.98. The molecule has 2 heterocycles. The summed E-state index contributed by atoms with van der Waals surface area (Å²) in [5, 5.41) is 8.12. The van der Waals surface area contributed by atoms with Crippen molar-refractivity contribution in [3.63, 3.8) is 0 Å². The highest BCUT2D eigenvalue weighted by atomic mass is 16.5. The molecule has 1 saturated heterocycles. The third-order valence-corrected chi connectivity index (χ3v) is 4.98. The normalized spacial score (nSPS) is 20.5. The molecule has 5 nitrogen and oxygen atoms in total. The van der Waals surface area contributed by atoms with E-state index >= 15 is 0 Å². The number of nitrogens with zero attached hydrogens (tertiary/aromatic N) is 2.